The molecule has 3 N–H and O–H groups in total. The Labute approximate surface area is 71.9 Å². The van der Waals surface area contributed by atoms with Crippen molar-refractivity contribution in [1.82, 2.24) is 5.32 Å². The first-order valence-electron chi connectivity index (χ1n) is 3.42. The van der Waals surface area contributed by atoms with Crippen molar-refractivity contribution >= 4 is 18.5 Å². The van der Waals surface area contributed by atoms with Crippen LogP contribution in [0.15, 0.2) is 0 Å². The van der Waals surface area contributed by atoms with Crippen molar-refractivity contribution < 1.29 is 9.53 Å². The van der Waals surface area contributed by atoms with Crippen molar-refractivity contribution in [2.75, 3.05) is 18.9 Å². The number of nitrogens with one attached hydrogen (secondary N) is 1. The van der Waals surface area contributed by atoms with Gasteiger partial charge in [0, 0.05) is 5.75 Å². The molecule has 0 aliphatic heterocycles. The molecule has 0 aromatic carbocycles. The fraction of sp³-hybridized carbons (Fsp3) is 0.833. The molecule has 0 aromatic heterocycles. The Morgan fingerprint density at radius 1 is 1.82 bits per heavy atom. The van der Waals surface area contributed by atoms with Gasteiger partial charge in [-0.15, -0.1) is 0 Å². The number of ether oxygens (including phenoxy) is 1. The molecule has 4 nitrogen and oxygen atoms in total. The van der Waals surface area contributed by atoms with Crippen LogP contribution in [0, 0.1) is 0 Å². The molecule has 0 aliphatic carbocycles. The summed E-state index contributed by atoms with van der Waals surface area (Å²) >= 11 is 3.95. The first-order valence-corrected chi connectivity index (χ1v) is 4.06. The molecule has 1 amide bonds. The minimum absolute atomic E-state index is 0.00538. The summed E-state index contributed by atoms with van der Waals surface area (Å²) in [7, 11) is 0. The van der Waals surface area contributed by atoms with Crippen molar-refractivity contribution in [2.24, 2.45) is 5.73 Å². The van der Waals surface area contributed by atoms with Crippen LogP contribution in [0.2, 0.25) is 0 Å². The van der Waals surface area contributed by atoms with Crippen LogP contribution in [0.1, 0.15) is 6.92 Å². The first-order chi connectivity index (χ1) is 5.20. The Balaban J connectivity index is 3.35. The van der Waals surface area contributed by atoms with Crippen LogP contribution in [0.25, 0.3) is 0 Å². The van der Waals surface area contributed by atoms with Gasteiger partial charge in [-0.05, 0) is 6.92 Å². The summed E-state index contributed by atoms with van der Waals surface area (Å²) in [6, 6.07) is 0. The van der Waals surface area contributed by atoms with Crippen molar-refractivity contribution in [3.05, 3.63) is 0 Å². The van der Waals surface area contributed by atoms with Gasteiger partial charge in [0.15, 0.2) is 0 Å². The third kappa shape index (κ3) is 6.15. The third-order valence-electron chi connectivity index (χ3n) is 1.01. The van der Waals surface area contributed by atoms with E-state index in [1.807, 2.05) is 0 Å². The maximum atomic E-state index is 10.7. The Kier molecular flexibility index (Phi) is 6.30. The van der Waals surface area contributed by atoms with Gasteiger partial charge in [-0.25, -0.2) is 0 Å². The fourth-order valence-corrected chi connectivity index (χ4v) is 0.662. The van der Waals surface area contributed by atoms with Gasteiger partial charge in [0.25, 0.3) is 0 Å². The number of amides is 1. The van der Waals surface area contributed by atoms with E-state index in [1.165, 1.54) is 0 Å². The lowest BCUT2D eigenvalue weighted by atomic mass is 10.5. The van der Waals surface area contributed by atoms with Gasteiger partial charge in [0.2, 0.25) is 5.91 Å². The van der Waals surface area contributed by atoms with Gasteiger partial charge in [-0.3, -0.25) is 4.79 Å². The number of thiol groups is 1. The van der Waals surface area contributed by atoms with E-state index in [2.05, 4.69) is 17.9 Å². The Morgan fingerprint density at radius 2 is 2.45 bits per heavy atom. The van der Waals surface area contributed by atoms with Gasteiger partial charge < -0.3 is 15.8 Å². The molecule has 66 valence electrons. The Hall–Kier alpha value is -0.260. The summed E-state index contributed by atoms with van der Waals surface area (Å²) in [5.74, 6) is 0.430. The predicted molar refractivity (Wildman–Crippen MR) is 46.5 cm³/mol. The average molecular weight is 178 g/mol. The van der Waals surface area contributed by atoms with Crippen molar-refractivity contribution in [3.63, 3.8) is 0 Å². The highest BCUT2D eigenvalue weighted by Gasteiger charge is 2.03. The fourth-order valence-electron chi connectivity index (χ4n) is 0.557. The highest BCUT2D eigenvalue weighted by atomic mass is 32.1. The monoisotopic (exact) mass is 178 g/mol. The van der Waals surface area contributed by atoms with Gasteiger partial charge >= 0.3 is 0 Å². The second-order valence-corrected chi connectivity index (χ2v) is 2.46. The van der Waals surface area contributed by atoms with Crippen molar-refractivity contribution in [3.8, 4) is 0 Å². The molecule has 0 aromatic rings. The van der Waals surface area contributed by atoms with Crippen LogP contribution in [0.5, 0.6) is 0 Å². The highest BCUT2D eigenvalue weighted by Crippen LogP contribution is 1.85. The lowest BCUT2D eigenvalue weighted by Gasteiger charge is -2.12. The van der Waals surface area contributed by atoms with Crippen LogP contribution < -0.4 is 11.1 Å². The second kappa shape index (κ2) is 6.45. The van der Waals surface area contributed by atoms with E-state index < -0.39 is 0 Å². The SMILES string of the molecule is CC(NC(=O)CN)OCCS. The summed E-state index contributed by atoms with van der Waals surface area (Å²) < 4.78 is 5.10. The minimum Gasteiger partial charge on any atom is -0.358 e. The molecule has 0 saturated heterocycles. The van der Waals surface area contributed by atoms with E-state index in [0.717, 1.165) is 0 Å². The molecule has 11 heavy (non-hydrogen) atoms. The maximum absolute atomic E-state index is 10.7. The van der Waals surface area contributed by atoms with Crippen LogP contribution in [-0.2, 0) is 9.53 Å². The molecule has 0 aliphatic rings. The molecule has 0 fully saturated rings. The zero-order valence-electron chi connectivity index (χ0n) is 6.54. The zero-order chi connectivity index (χ0) is 8.69. The van der Waals surface area contributed by atoms with Gasteiger partial charge in [-0.2, -0.15) is 12.6 Å². The third-order valence-corrected chi connectivity index (χ3v) is 1.19. The normalized spacial score (nSPS) is 12.6. The number of nitrogens with two attached hydrogens (primary N) is 1. The van der Waals surface area contributed by atoms with Gasteiger partial charge in [-0.1, -0.05) is 0 Å². The number of carbonyl (C=O) groups excluding carboxylic acids is 1. The van der Waals surface area contributed by atoms with Crippen LogP contribution in [0.4, 0.5) is 0 Å². The van der Waals surface area contributed by atoms with E-state index in [9.17, 15) is 4.79 Å². The highest BCUT2D eigenvalue weighted by molar-refractivity contribution is 7.80. The van der Waals surface area contributed by atoms with E-state index in [1.54, 1.807) is 6.92 Å². The standard InChI is InChI=1S/C6H14N2O2S/c1-5(10-2-3-11)8-6(9)4-7/h5,11H,2-4,7H2,1H3,(H,8,9). The molecule has 1 unspecified atom stereocenters. The minimum atomic E-state index is -0.279. The molecule has 0 rings (SSSR count). The largest absolute Gasteiger partial charge is 0.358 e. The molecular formula is C6H14N2O2S. The van der Waals surface area contributed by atoms with Crippen molar-refractivity contribution in [1.29, 1.82) is 0 Å². The second-order valence-electron chi connectivity index (χ2n) is 2.01. The molecule has 0 bridgehead atoms. The quantitative estimate of drug-likeness (QED) is 0.387. The molecule has 5 heteroatoms. The summed E-state index contributed by atoms with van der Waals surface area (Å²) in [6.45, 7) is 2.26. The van der Waals surface area contributed by atoms with Crippen LogP contribution >= 0.6 is 12.6 Å². The summed E-state index contributed by atoms with van der Waals surface area (Å²) in [4.78, 5) is 10.7. The van der Waals surface area contributed by atoms with Crippen molar-refractivity contribution in [2.45, 2.75) is 13.2 Å². The lowest BCUT2D eigenvalue weighted by Crippen LogP contribution is -2.38. The molecule has 0 heterocycles. The average Bonchev–Trinajstić information content (AvgIpc) is 2.00. The van der Waals surface area contributed by atoms with E-state index in [4.69, 9.17) is 10.5 Å². The first kappa shape index (κ1) is 10.7. The summed E-state index contributed by atoms with van der Waals surface area (Å²) in [6.07, 6.45) is -0.279. The summed E-state index contributed by atoms with van der Waals surface area (Å²) in [5, 5.41) is 2.54. The number of rotatable bonds is 5. The number of hydrogen-bond acceptors (Lipinski definition) is 4. The zero-order valence-corrected chi connectivity index (χ0v) is 7.43. The Bertz CT molecular complexity index is 121. The Morgan fingerprint density at radius 3 is 2.91 bits per heavy atom. The smallest absolute Gasteiger partial charge is 0.235 e. The molecule has 1 atom stereocenters. The molecule has 0 spiro atoms. The van der Waals surface area contributed by atoms with E-state index in [-0.39, 0.29) is 18.7 Å². The molecule has 0 saturated carbocycles. The van der Waals surface area contributed by atoms with Crippen LogP contribution in [-0.4, -0.2) is 31.0 Å². The maximum Gasteiger partial charge on any atom is 0.235 e. The van der Waals surface area contributed by atoms with E-state index in [0.29, 0.717) is 12.4 Å². The number of hydrogen-bond donors (Lipinski definition) is 3. The summed E-state index contributed by atoms with van der Waals surface area (Å²) in [5.41, 5.74) is 5.07. The van der Waals surface area contributed by atoms with E-state index >= 15 is 0 Å². The number of carbonyl (C=O) groups is 1. The van der Waals surface area contributed by atoms with Crippen LogP contribution in [0.3, 0.4) is 0 Å². The lowest BCUT2D eigenvalue weighted by molar-refractivity contribution is -0.123. The molecular weight excluding hydrogens is 164 g/mol. The van der Waals surface area contributed by atoms with Gasteiger partial charge in [0.05, 0.1) is 13.2 Å². The topological polar surface area (TPSA) is 64.4 Å². The van der Waals surface area contributed by atoms with Gasteiger partial charge in [0.1, 0.15) is 6.23 Å². The molecule has 0 radical (unpaired) electrons. The predicted octanol–water partition coefficient (Wildman–Crippen LogP) is -0.646.